The first-order valence-corrected chi connectivity index (χ1v) is 6.76. The van der Waals surface area contributed by atoms with Gasteiger partial charge in [-0.15, -0.1) is 0 Å². The molecule has 3 N–H and O–H groups in total. The largest absolute Gasteiger partial charge is 0.449 e. The normalized spacial score (nSPS) is 17.5. The van der Waals surface area contributed by atoms with E-state index >= 15 is 0 Å². The van der Waals surface area contributed by atoms with Gasteiger partial charge in [-0.3, -0.25) is 4.79 Å². The molecule has 0 aliphatic carbocycles. The number of nitrogens with zero attached hydrogens (tertiary/aromatic N) is 1. The van der Waals surface area contributed by atoms with Crippen molar-refractivity contribution in [2.75, 3.05) is 19.7 Å². The lowest BCUT2D eigenvalue weighted by Crippen LogP contribution is -2.42. The van der Waals surface area contributed by atoms with Crippen LogP contribution in [-0.4, -0.2) is 48.2 Å². The Kier molecular flexibility index (Phi) is 5.60. The van der Waals surface area contributed by atoms with Gasteiger partial charge < -0.3 is 20.7 Å². The van der Waals surface area contributed by atoms with Crippen LogP contribution in [0.5, 0.6) is 0 Å². The Balaban J connectivity index is 2.15. The molecular weight excluding hydrogens is 246 g/mol. The number of likely N-dealkylation sites (tertiary alicyclic amines) is 1. The van der Waals surface area contributed by atoms with Gasteiger partial charge in [0.15, 0.2) is 0 Å². The average Bonchev–Trinajstić information content (AvgIpc) is 2.61. The number of ether oxygens (including phenoxy) is 1. The van der Waals surface area contributed by atoms with E-state index in [1.807, 2.05) is 20.8 Å². The van der Waals surface area contributed by atoms with E-state index in [9.17, 15) is 9.59 Å². The number of carbonyl (C=O) groups is 2. The van der Waals surface area contributed by atoms with Crippen molar-refractivity contribution in [2.24, 2.45) is 5.73 Å². The minimum Gasteiger partial charge on any atom is -0.449 e. The highest BCUT2D eigenvalue weighted by Gasteiger charge is 2.22. The lowest BCUT2D eigenvalue weighted by atomic mass is 10.1. The molecule has 6 heteroatoms. The Morgan fingerprint density at radius 1 is 1.53 bits per heavy atom. The Bertz CT molecular complexity index is 326. The first-order valence-electron chi connectivity index (χ1n) is 6.76. The summed E-state index contributed by atoms with van der Waals surface area (Å²) in [5, 5.41) is 2.71. The van der Waals surface area contributed by atoms with Gasteiger partial charge in [0.05, 0.1) is 6.61 Å². The third-order valence-electron chi connectivity index (χ3n) is 2.83. The van der Waals surface area contributed by atoms with Crippen molar-refractivity contribution in [1.82, 2.24) is 10.2 Å². The quantitative estimate of drug-likeness (QED) is 0.776. The van der Waals surface area contributed by atoms with Gasteiger partial charge in [-0.1, -0.05) is 0 Å². The van der Waals surface area contributed by atoms with E-state index in [0.717, 1.165) is 13.0 Å². The average molecular weight is 271 g/mol. The second-order valence-corrected chi connectivity index (χ2v) is 6.00. The molecule has 0 aromatic heterocycles. The SMILES string of the molecule is CC(C)(C)NC(=O)OCC[C@@H](N)CN1CCCC1=O. The van der Waals surface area contributed by atoms with Gasteiger partial charge in [0.2, 0.25) is 5.91 Å². The van der Waals surface area contributed by atoms with Crippen molar-refractivity contribution in [3.05, 3.63) is 0 Å². The van der Waals surface area contributed by atoms with Crippen molar-refractivity contribution in [3.8, 4) is 0 Å². The Morgan fingerprint density at radius 3 is 2.74 bits per heavy atom. The number of rotatable bonds is 5. The number of hydrogen-bond donors (Lipinski definition) is 2. The fraction of sp³-hybridized carbons (Fsp3) is 0.846. The van der Waals surface area contributed by atoms with Gasteiger partial charge >= 0.3 is 6.09 Å². The maximum atomic E-state index is 11.4. The second-order valence-electron chi connectivity index (χ2n) is 6.00. The zero-order valence-electron chi connectivity index (χ0n) is 12.1. The molecule has 6 nitrogen and oxygen atoms in total. The zero-order valence-corrected chi connectivity index (χ0v) is 12.1. The molecular formula is C13H25N3O3. The number of amides is 2. The van der Waals surface area contributed by atoms with Gasteiger partial charge in [-0.25, -0.2) is 4.79 Å². The summed E-state index contributed by atoms with van der Waals surface area (Å²) in [5.41, 5.74) is 5.62. The van der Waals surface area contributed by atoms with Crippen LogP contribution in [0.15, 0.2) is 0 Å². The monoisotopic (exact) mass is 271 g/mol. The maximum absolute atomic E-state index is 11.4. The summed E-state index contributed by atoms with van der Waals surface area (Å²) in [6.07, 6.45) is 1.66. The highest BCUT2D eigenvalue weighted by Crippen LogP contribution is 2.10. The molecule has 1 atom stereocenters. The predicted molar refractivity (Wildman–Crippen MR) is 72.6 cm³/mol. The molecule has 1 aliphatic rings. The van der Waals surface area contributed by atoms with E-state index in [2.05, 4.69) is 5.32 Å². The molecule has 0 unspecified atom stereocenters. The Hall–Kier alpha value is -1.30. The summed E-state index contributed by atoms with van der Waals surface area (Å²) in [4.78, 5) is 24.6. The first kappa shape index (κ1) is 15.8. The van der Waals surface area contributed by atoms with E-state index < -0.39 is 6.09 Å². The van der Waals surface area contributed by atoms with Crippen LogP contribution in [0.25, 0.3) is 0 Å². The zero-order chi connectivity index (χ0) is 14.5. The number of hydrogen-bond acceptors (Lipinski definition) is 4. The standard InChI is InChI=1S/C13H25N3O3/c1-13(2,3)15-12(18)19-8-6-10(14)9-16-7-4-5-11(16)17/h10H,4-9,14H2,1-3H3,(H,15,18)/t10-/m1/s1. The Morgan fingerprint density at radius 2 is 2.21 bits per heavy atom. The number of carbonyl (C=O) groups excluding carboxylic acids is 2. The highest BCUT2D eigenvalue weighted by molar-refractivity contribution is 5.78. The molecule has 0 bridgehead atoms. The molecule has 1 aliphatic heterocycles. The van der Waals surface area contributed by atoms with Crippen LogP contribution in [-0.2, 0) is 9.53 Å². The summed E-state index contributed by atoms with van der Waals surface area (Å²) in [6, 6.07) is -0.149. The first-order chi connectivity index (χ1) is 8.78. The van der Waals surface area contributed by atoms with Crippen LogP contribution < -0.4 is 11.1 Å². The topological polar surface area (TPSA) is 84.7 Å². The van der Waals surface area contributed by atoms with Gasteiger partial charge in [0.1, 0.15) is 0 Å². The van der Waals surface area contributed by atoms with Crippen LogP contribution in [0.2, 0.25) is 0 Å². The molecule has 1 heterocycles. The van der Waals surface area contributed by atoms with Gasteiger partial charge in [-0.05, 0) is 33.6 Å². The van der Waals surface area contributed by atoms with Crippen LogP contribution >= 0.6 is 0 Å². The Labute approximate surface area is 114 Å². The number of alkyl carbamates (subject to hydrolysis) is 1. The molecule has 0 radical (unpaired) electrons. The summed E-state index contributed by atoms with van der Waals surface area (Å²) in [7, 11) is 0. The van der Waals surface area contributed by atoms with E-state index in [1.54, 1.807) is 4.90 Å². The molecule has 0 saturated carbocycles. The minimum absolute atomic E-state index is 0.149. The van der Waals surface area contributed by atoms with Crippen LogP contribution in [0.1, 0.15) is 40.0 Å². The third-order valence-corrected chi connectivity index (χ3v) is 2.83. The fourth-order valence-corrected chi connectivity index (χ4v) is 1.92. The third kappa shape index (κ3) is 6.42. The lowest BCUT2D eigenvalue weighted by Gasteiger charge is -2.22. The molecule has 0 aromatic rings. The maximum Gasteiger partial charge on any atom is 0.407 e. The second kappa shape index (κ2) is 6.75. The van der Waals surface area contributed by atoms with E-state index in [0.29, 0.717) is 19.4 Å². The molecule has 1 rings (SSSR count). The molecule has 2 amide bonds. The molecule has 0 aromatic carbocycles. The molecule has 19 heavy (non-hydrogen) atoms. The van der Waals surface area contributed by atoms with E-state index in [-0.39, 0.29) is 24.1 Å². The lowest BCUT2D eigenvalue weighted by molar-refractivity contribution is -0.127. The fourth-order valence-electron chi connectivity index (χ4n) is 1.92. The van der Waals surface area contributed by atoms with Crippen LogP contribution in [0.3, 0.4) is 0 Å². The molecule has 0 spiro atoms. The van der Waals surface area contributed by atoms with E-state index in [4.69, 9.17) is 10.5 Å². The summed E-state index contributed by atoms with van der Waals surface area (Å²) in [6.45, 7) is 7.27. The predicted octanol–water partition coefficient (Wildman–Crippen LogP) is 0.851. The van der Waals surface area contributed by atoms with Gasteiger partial charge in [0.25, 0.3) is 0 Å². The van der Waals surface area contributed by atoms with E-state index in [1.165, 1.54) is 0 Å². The number of nitrogens with two attached hydrogens (primary N) is 1. The van der Waals surface area contributed by atoms with Gasteiger partial charge in [0, 0.05) is 31.1 Å². The molecule has 1 fully saturated rings. The number of nitrogens with one attached hydrogen (secondary N) is 1. The highest BCUT2D eigenvalue weighted by atomic mass is 16.5. The van der Waals surface area contributed by atoms with Crippen molar-refractivity contribution in [3.63, 3.8) is 0 Å². The van der Waals surface area contributed by atoms with Crippen molar-refractivity contribution in [2.45, 2.75) is 51.6 Å². The van der Waals surface area contributed by atoms with Crippen molar-refractivity contribution in [1.29, 1.82) is 0 Å². The smallest absolute Gasteiger partial charge is 0.407 e. The summed E-state index contributed by atoms with van der Waals surface area (Å²) in [5.74, 6) is 0.168. The minimum atomic E-state index is -0.433. The van der Waals surface area contributed by atoms with Crippen molar-refractivity contribution < 1.29 is 14.3 Å². The summed E-state index contributed by atoms with van der Waals surface area (Å²) < 4.78 is 5.05. The van der Waals surface area contributed by atoms with Gasteiger partial charge in [-0.2, -0.15) is 0 Å². The van der Waals surface area contributed by atoms with Crippen molar-refractivity contribution >= 4 is 12.0 Å². The van der Waals surface area contributed by atoms with Crippen LogP contribution in [0.4, 0.5) is 4.79 Å². The summed E-state index contributed by atoms with van der Waals surface area (Å²) >= 11 is 0. The molecule has 110 valence electrons. The molecule has 1 saturated heterocycles. The van der Waals surface area contributed by atoms with Crippen LogP contribution in [0, 0.1) is 0 Å².